The average Bonchev–Trinajstić information content (AvgIpc) is 3.25. The van der Waals surface area contributed by atoms with Crippen molar-refractivity contribution in [2.24, 2.45) is 0 Å². The first kappa shape index (κ1) is 20.6. The van der Waals surface area contributed by atoms with E-state index in [0.29, 0.717) is 25.3 Å². The molecule has 7 nitrogen and oxygen atoms in total. The van der Waals surface area contributed by atoms with Crippen molar-refractivity contribution in [3.8, 4) is 5.75 Å². The Morgan fingerprint density at radius 3 is 2.39 bits per heavy atom. The van der Waals surface area contributed by atoms with Gasteiger partial charge in [-0.15, -0.1) is 0 Å². The lowest BCUT2D eigenvalue weighted by atomic mass is 10.1. The van der Waals surface area contributed by atoms with E-state index >= 15 is 0 Å². The molecule has 1 aromatic carbocycles. The van der Waals surface area contributed by atoms with Crippen LogP contribution >= 0.6 is 0 Å². The molecule has 1 saturated heterocycles. The van der Waals surface area contributed by atoms with Crippen molar-refractivity contribution in [3.63, 3.8) is 0 Å². The van der Waals surface area contributed by atoms with Crippen LogP contribution in [0.5, 0.6) is 5.75 Å². The highest BCUT2D eigenvalue weighted by atomic mass is 19.1. The summed E-state index contributed by atoms with van der Waals surface area (Å²) in [7, 11) is 0. The van der Waals surface area contributed by atoms with E-state index in [-0.39, 0.29) is 17.3 Å². The van der Waals surface area contributed by atoms with Crippen molar-refractivity contribution in [2.75, 3.05) is 13.1 Å². The molecule has 3 aromatic rings. The number of rotatable bonds is 5. The van der Waals surface area contributed by atoms with Crippen LogP contribution in [-0.4, -0.2) is 34.8 Å². The minimum atomic E-state index is -0.881. The van der Waals surface area contributed by atoms with Crippen molar-refractivity contribution in [2.45, 2.75) is 25.7 Å². The third kappa shape index (κ3) is 4.42. The Bertz CT molecular complexity index is 1170. The molecule has 0 aliphatic carbocycles. The van der Waals surface area contributed by atoms with Crippen molar-refractivity contribution in [1.29, 1.82) is 0 Å². The van der Waals surface area contributed by atoms with Crippen LogP contribution in [0.2, 0.25) is 0 Å². The van der Waals surface area contributed by atoms with Gasteiger partial charge in [0.15, 0.2) is 11.5 Å². The molecule has 0 radical (unpaired) electrons. The van der Waals surface area contributed by atoms with Gasteiger partial charge in [0.25, 0.3) is 11.7 Å². The number of ketones is 1. The fourth-order valence-electron chi connectivity index (χ4n) is 3.51. The highest BCUT2D eigenvalue weighted by molar-refractivity contribution is 6.07. The Morgan fingerprint density at radius 1 is 0.968 bits per heavy atom. The normalized spacial score (nSPS) is 13.9. The predicted molar refractivity (Wildman–Crippen MR) is 108 cm³/mol. The minimum absolute atomic E-state index is 0.155. The summed E-state index contributed by atoms with van der Waals surface area (Å²) in [5, 5.41) is 10.1. The largest absolute Gasteiger partial charge is 0.501 e. The molecule has 0 bridgehead atoms. The molecule has 1 fully saturated rings. The van der Waals surface area contributed by atoms with E-state index in [4.69, 9.17) is 8.83 Å². The summed E-state index contributed by atoms with van der Waals surface area (Å²) >= 11 is 0. The number of carbonyl (C=O) groups is 2. The number of hydrogen-bond acceptors (Lipinski definition) is 6. The molecule has 0 saturated carbocycles. The Hall–Kier alpha value is -3.68. The number of piperidine rings is 1. The highest BCUT2D eigenvalue weighted by Crippen LogP contribution is 2.22. The Labute approximate surface area is 176 Å². The van der Waals surface area contributed by atoms with Crippen LogP contribution in [0, 0.1) is 5.82 Å². The molecule has 0 unspecified atom stereocenters. The molecule has 8 heteroatoms. The van der Waals surface area contributed by atoms with Crippen LogP contribution in [0.1, 0.15) is 57.5 Å². The fourth-order valence-corrected chi connectivity index (χ4v) is 3.51. The number of amides is 1. The zero-order chi connectivity index (χ0) is 22.0. The van der Waals surface area contributed by atoms with Gasteiger partial charge in [-0.1, -0.05) is 12.1 Å². The third-order valence-corrected chi connectivity index (χ3v) is 5.16. The number of hydrogen-bond donors (Lipinski definition) is 1. The number of halogens is 1. The minimum Gasteiger partial charge on any atom is -0.501 e. The Morgan fingerprint density at radius 2 is 1.68 bits per heavy atom. The molecule has 2 aromatic heterocycles. The van der Waals surface area contributed by atoms with Gasteiger partial charge in [-0.25, -0.2) is 4.39 Å². The summed E-state index contributed by atoms with van der Waals surface area (Å²) in [6.45, 7) is 1.08. The van der Waals surface area contributed by atoms with Crippen molar-refractivity contribution < 1.29 is 27.9 Å². The van der Waals surface area contributed by atoms with Gasteiger partial charge < -0.3 is 18.8 Å². The van der Waals surface area contributed by atoms with E-state index < -0.39 is 28.6 Å². The predicted octanol–water partition coefficient (Wildman–Crippen LogP) is 3.53. The molecule has 0 atom stereocenters. The molecule has 1 aliphatic rings. The summed E-state index contributed by atoms with van der Waals surface area (Å²) in [4.78, 5) is 39.2. The molecule has 4 rings (SSSR count). The van der Waals surface area contributed by atoms with Crippen LogP contribution in [0.15, 0.2) is 56.1 Å². The second kappa shape index (κ2) is 8.59. The summed E-state index contributed by atoms with van der Waals surface area (Å²) < 4.78 is 23.9. The van der Waals surface area contributed by atoms with E-state index in [9.17, 15) is 23.9 Å². The highest BCUT2D eigenvalue weighted by Gasteiger charge is 2.27. The molecule has 1 N–H and O–H groups in total. The molecule has 0 spiro atoms. The number of nitrogens with zero attached hydrogens (tertiary/aromatic N) is 1. The van der Waals surface area contributed by atoms with Crippen molar-refractivity contribution in [3.05, 3.63) is 87.1 Å². The average molecular weight is 425 g/mol. The lowest BCUT2D eigenvalue weighted by molar-refractivity contribution is 0.0685. The summed E-state index contributed by atoms with van der Waals surface area (Å²) in [5.41, 5.74) is -0.105. The maximum atomic E-state index is 13.0. The van der Waals surface area contributed by atoms with Crippen LogP contribution in [0.3, 0.4) is 0 Å². The van der Waals surface area contributed by atoms with Crippen LogP contribution in [0.25, 0.3) is 0 Å². The Balaban J connectivity index is 1.58. The van der Waals surface area contributed by atoms with Gasteiger partial charge in [-0.05, 0) is 49.1 Å². The SMILES string of the molecule is O=C(c1ccc(Cc2ccc(F)cc2)o1)c1oc(C(=O)N2CCCCC2)cc(=O)c1O. The van der Waals surface area contributed by atoms with Gasteiger partial charge in [0, 0.05) is 25.6 Å². The van der Waals surface area contributed by atoms with E-state index in [1.807, 2.05) is 0 Å². The van der Waals surface area contributed by atoms with Crippen molar-refractivity contribution in [1.82, 2.24) is 4.90 Å². The smallest absolute Gasteiger partial charge is 0.289 e. The Kier molecular flexibility index (Phi) is 5.70. The number of likely N-dealkylation sites (tertiary alicyclic amines) is 1. The molecular weight excluding hydrogens is 405 g/mol. The van der Waals surface area contributed by atoms with Gasteiger partial charge >= 0.3 is 0 Å². The second-order valence-electron chi connectivity index (χ2n) is 7.40. The van der Waals surface area contributed by atoms with Gasteiger partial charge in [0.05, 0.1) is 0 Å². The van der Waals surface area contributed by atoms with Crippen LogP contribution in [0.4, 0.5) is 4.39 Å². The van der Waals surface area contributed by atoms with Gasteiger partial charge in [-0.2, -0.15) is 0 Å². The van der Waals surface area contributed by atoms with Gasteiger partial charge in [0.2, 0.25) is 16.9 Å². The standard InChI is InChI=1S/C23H20FNO6/c24-15-6-4-14(5-7-15)12-16-8-9-18(30-16)21(28)22-20(27)17(26)13-19(31-22)23(29)25-10-2-1-3-11-25/h4-9,13,27H,1-3,10-12H2. The van der Waals surface area contributed by atoms with E-state index in [0.717, 1.165) is 30.9 Å². The molecular formula is C23H20FNO6. The first-order chi connectivity index (χ1) is 14.9. The summed E-state index contributed by atoms with van der Waals surface area (Å²) in [6, 6.07) is 9.68. The summed E-state index contributed by atoms with van der Waals surface area (Å²) in [6.07, 6.45) is 3.04. The lowest BCUT2D eigenvalue weighted by Gasteiger charge is -2.26. The monoisotopic (exact) mass is 425 g/mol. The first-order valence-corrected chi connectivity index (χ1v) is 9.96. The van der Waals surface area contributed by atoms with Gasteiger partial charge in [0.1, 0.15) is 11.6 Å². The van der Waals surface area contributed by atoms with Crippen molar-refractivity contribution >= 4 is 11.7 Å². The number of carbonyl (C=O) groups excluding carboxylic acids is 2. The second-order valence-corrected chi connectivity index (χ2v) is 7.40. The fraction of sp³-hybridized carbons (Fsp3) is 0.261. The molecule has 31 heavy (non-hydrogen) atoms. The van der Waals surface area contributed by atoms with E-state index in [2.05, 4.69) is 0 Å². The van der Waals surface area contributed by atoms with E-state index in [1.54, 1.807) is 23.1 Å². The summed E-state index contributed by atoms with van der Waals surface area (Å²) in [5.74, 6) is -3.26. The number of benzene rings is 1. The third-order valence-electron chi connectivity index (χ3n) is 5.16. The zero-order valence-electron chi connectivity index (χ0n) is 16.6. The van der Waals surface area contributed by atoms with Gasteiger partial charge in [-0.3, -0.25) is 14.4 Å². The molecule has 1 amide bonds. The number of furan rings is 1. The first-order valence-electron chi connectivity index (χ1n) is 9.96. The molecule has 3 heterocycles. The lowest BCUT2D eigenvalue weighted by Crippen LogP contribution is -2.36. The van der Waals surface area contributed by atoms with Crippen LogP contribution in [-0.2, 0) is 6.42 Å². The van der Waals surface area contributed by atoms with E-state index in [1.165, 1.54) is 18.2 Å². The molecule has 1 aliphatic heterocycles. The van der Waals surface area contributed by atoms with Crippen LogP contribution < -0.4 is 5.43 Å². The topological polar surface area (TPSA) is 101 Å². The molecule has 160 valence electrons. The maximum absolute atomic E-state index is 13.0. The quantitative estimate of drug-likeness (QED) is 0.628. The number of aromatic hydroxyl groups is 1. The zero-order valence-corrected chi connectivity index (χ0v) is 16.6. The maximum Gasteiger partial charge on any atom is 0.289 e.